The number of alkyl halides is 3. The molecule has 0 saturated carbocycles. The van der Waals surface area contributed by atoms with Crippen molar-refractivity contribution in [3.05, 3.63) is 52.0 Å². The van der Waals surface area contributed by atoms with Crippen molar-refractivity contribution >= 4 is 23.1 Å². The maximum absolute atomic E-state index is 12.6. The number of nitrogens with zero attached hydrogens (tertiary/aromatic N) is 3. The van der Waals surface area contributed by atoms with Crippen molar-refractivity contribution in [2.24, 2.45) is 0 Å². The van der Waals surface area contributed by atoms with E-state index in [9.17, 15) is 28.1 Å². The quantitative estimate of drug-likeness (QED) is 0.401. The predicted molar refractivity (Wildman–Crippen MR) is 85.4 cm³/mol. The third kappa shape index (κ3) is 4.55. The number of amides is 1. The van der Waals surface area contributed by atoms with Crippen molar-refractivity contribution in [1.29, 1.82) is 0 Å². The second kappa shape index (κ2) is 7.63. The van der Waals surface area contributed by atoms with Crippen LogP contribution in [0.2, 0.25) is 0 Å². The van der Waals surface area contributed by atoms with Gasteiger partial charge in [0.25, 0.3) is 11.6 Å². The summed E-state index contributed by atoms with van der Waals surface area (Å²) < 4.78 is 37.9. The summed E-state index contributed by atoms with van der Waals surface area (Å²) >= 11 is 0. The van der Waals surface area contributed by atoms with E-state index in [-0.39, 0.29) is 30.3 Å². The number of nitro benzene ring substituents is 1. The Morgan fingerprint density at radius 3 is 2.54 bits per heavy atom. The lowest BCUT2D eigenvalue weighted by Gasteiger charge is -2.11. The molecular formula is C14H13F3N6O3. The normalized spacial score (nSPS) is 11.0. The van der Waals surface area contributed by atoms with Gasteiger partial charge in [-0.3, -0.25) is 14.9 Å². The summed E-state index contributed by atoms with van der Waals surface area (Å²) in [6.07, 6.45) is -2.08. The summed E-state index contributed by atoms with van der Waals surface area (Å²) in [6.45, 7) is 0.0468. The number of nitrogens with two attached hydrogens (primary N) is 1. The number of rotatable bonds is 6. The highest BCUT2D eigenvalue weighted by Gasteiger charge is 2.33. The van der Waals surface area contributed by atoms with Crippen molar-refractivity contribution in [1.82, 2.24) is 15.3 Å². The highest BCUT2D eigenvalue weighted by atomic mass is 19.4. The number of nitro groups is 1. The molecule has 0 aliphatic carbocycles. The summed E-state index contributed by atoms with van der Waals surface area (Å²) in [5.74, 6) is -0.657. The van der Waals surface area contributed by atoms with E-state index >= 15 is 0 Å². The number of nitrogens with one attached hydrogen (secondary N) is 2. The summed E-state index contributed by atoms with van der Waals surface area (Å²) in [5, 5.41) is 16.0. The van der Waals surface area contributed by atoms with Crippen molar-refractivity contribution in [2.45, 2.75) is 6.18 Å². The topological polar surface area (TPSA) is 136 Å². The molecule has 2 rings (SSSR count). The number of anilines is 2. The van der Waals surface area contributed by atoms with Crippen LogP contribution in [0.25, 0.3) is 0 Å². The molecule has 0 fully saturated rings. The predicted octanol–water partition coefficient (Wildman–Crippen LogP) is 1.83. The fourth-order valence-corrected chi connectivity index (χ4v) is 1.99. The molecule has 9 nitrogen and oxygen atoms in total. The zero-order valence-electron chi connectivity index (χ0n) is 13.1. The molecule has 138 valence electrons. The van der Waals surface area contributed by atoms with Gasteiger partial charge in [-0.25, -0.2) is 9.97 Å². The average Bonchev–Trinajstić information content (AvgIpc) is 2.58. The van der Waals surface area contributed by atoms with Crippen LogP contribution in [0.15, 0.2) is 30.6 Å². The molecule has 1 aromatic carbocycles. The van der Waals surface area contributed by atoms with Crippen LogP contribution in [-0.2, 0) is 6.18 Å². The van der Waals surface area contributed by atoms with Crippen LogP contribution in [0.3, 0.4) is 0 Å². The number of benzene rings is 1. The summed E-state index contributed by atoms with van der Waals surface area (Å²) in [5.41, 5.74) is 3.48. The SMILES string of the molecule is Nc1nccnc1C(=O)NCCNc1ccc(C(F)(F)F)cc1[N+](=O)[O-]. The van der Waals surface area contributed by atoms with Crippen LogP contribution in [0.1, 0.15) is 16.1 Å². The molecule has 0 spiro atoms. The fourth-order valence-electron chi connectivity index (χ4n) is 1.99. The van der Waals surface area contributed by atoms with Crippen LogP contribution in [0, 0.1) is 10.1 Å². The van der Waals surface area contributed by atoms with E-state index in [0.717, 1.165) is 12.1 Å². The Bertz CT molecular complexity index is 828. The van der Waals surface area contributed by atoms with E-state index in [1.807, 2.05) is 0 Å². The average molecular weight is 370 g/mol. The van der Waals surface area contributed by atoms with Gasteiger partial charge in [-0.15, -0.1) is 0 Å². The number of carbonyl (C=O) groups excluding carboxylic acids is 1. The number of halogens is 3. The smallest absolute Gasteiger partial charge is 0.382 e. The van der Waals surface area contributed by atoms with Gasteiger partial charge in [0.15, 0.2) is 11.5 Å². The van der Waals surface area contributed by atoms with Gasteiger partial charge in [0.1, 0.15) is 5.69 Å². The minimum absolute atomic E-state index is 0.0209. The molecule has 12 heteroatoms. The lowest BCUT2D eigenvalue weighted by molar-refractivity contribution is -0.384. The minimum atomic E-state index is -4.69. The van der Waals surface area contributed by atoms with Crippen LogP contribution in [0.5, 0.6) is 0 Å². The van der Waals surface area contributed by atoms with E-state index in [1.165, 1.54) is 12.4 Å². The number of hydrogen-bond acceptors (Lipinski definition) is 7. The Morgan fingerprint density at radius 1 is 1.23 bits per heavy atom. The number of hydrogen-bond donors (Lipinski definition) is 3. The van der Waals surface area contributed by atoms with E-state index in [0.29, 0.717) is 6.07 Å². The maximum Gasteiger partial charge on any atom is 0.416 e. The second-order valence-electron chi connectivity index (χ2n) is 4.96. The Kier molecular flexibility index (Phi) is 5.54. The molecule has 1 aromatic heterocycles. The Hall–Kier alpha value is -3.44. The highest BCUT2D eigenvalue weighted by Crippen LogP contribution is 2.34. The van der Waals surface area contributed by atoms with Gasteiger partial charge in [0.2, 0.25) is 0 Å². The summed E-state index contributed by atoms with van der Waals surface area (Å²) in [6, 6.07) is 2.14. The van der Waals surface area contributed by atoms with Crippen LogP contribution >= 0.6 is 0 Å². The first-order chi connectivity index (χ1) is 12.2. The molecule has 0 radical (unpaired) electrons. The monoisotopic (exact) mass is 370 g/mol. The van der Waals surface area contributed by atoms with Gasteiger partial charge in [0.05, 0.1) is 10.5 Å². The maximum atomic E-state index is 12.6. The molecule has 0 aliphatic rings. The number of aromatic nitrogens is 2. The zero-order chi connectivity index (χ0) is 19.3. The summed E-state index contributed by atoms with van der Waals surface area (Å²) in [4.78, 5) is 29.4. The third-order valence-electron chi connectivity index (χ3n) is 3.19. The molecule has 0 aliphatic heterocycles. The molecule has 1 heterocycles. The minimum Gasteiger partial charge on any atom is -0.382 e. The van der Waals surface area contributed by atoms with Crippen molar-refractivity contribution in [3.63, 3.8) is 0 Å². The van der Waals surface area contributed by atoms with Gasteiger partial charge in [-0.1, -0.05) is 0 Å². The first-order valence-corrected chi connectivity index (χ1v) is 7.14. The van der Waals surface area contributed by atoms with Crippen LogP contribution in [-0.4, -0.2) is 33.9 Å². The Balaban J connectivity index is 1.98. The molecule has 0 bridgehead atoms. The second-order valence-corrected chi connectivity index (χ2v) is 4.96. The van der Waals surface area contributed by atoms with Crippen molar-refractivity contribution in [3.8, 4) is 0 Å². The molecule has 26 heavy (non-hydrogen) atoms. The molecule has 1 amide bonds. The van der Waals surface area contributed by atoms with Crippen LogP contribution < -0.4 is 16.4 Å². The highest BCUT2D eigenvalue weighted by molar-refractivity contribution is 5.96. The first-order valence-electron chi connectivity index (χ1n) is 7.14. The number of nitrogen functional groups attached to an aromatic ring is 1. The van der Waals surface area contributed by atoms with E-state index in [4.69, 9.17) is 5.73 Å². The largest absolute Gasteiger partial charge is 0.416 e. The van der Waals surface area contributed by atoms with Crippen molar-refractivity contribution < 1.29 is 22.9 Å². The summed E-state index contributed by atoms with van der Waals surface area (Å²) in [7, 11) is 0. The molecule has 2 aromatic rings. The van der Waals surface area contributed by atoms with Crippen LogP contribution in [0.4, 0.5) is 30.4 Å². The van der Waals surface area contributed by atoms with Crippen molar-refractivity contribution in [2.75, 3.05) is 24.1 Å². The van der Waals surface area contributed by atoms with E-state index < -0.39 is 28.3 Å². The van der Waals surface area contributed by atoms with Gasteiger partial charge in [-0.2, -0.15) is 13.2 Å². The molecule has 0 atom stereocenters. The standard InChI is InChI=1S/C14H13F3N6O3/c15-14(16,17)8-1-2-9(10(7-8)23(25)26)19-3-6-22-13(24)11-12(18)21-5-4-20-11/h1-2,4-5,7,19H,3,6H2,(H2,18,21)(H,22,24). The zero-order valence-corrected chi connectivity index (χ0v) is 13.1. The molecular weight excluding hydrogens is 357 g/mol. The van der Waals surface area contributed by atoms with E-state index in [1.54, 1.807) is 0 Å². The third-order valence-corrected chi connectivity index (χ3v) is 3.19. The number of carbonyl (C=O) groups is 1. The lowest BCUT2D eigenvalue weighted by atomic mass is 10.1. The Morgan fingerprint density at radius 2 is 1.92 bits per heavy atom. The van der Waals surface area contributed by atoms with Gasteiger partial charge in [-0.05, 0) is 12.1 Å². The fraction of sp³-hybridized carbons (Fsp3) is 0.214. The molecule has 4 N–H and O–H groups in total. The first kappa shape index (κ1) is 18.9. The van der Waals surface area contributed by atoms with E-state index in [2.05, 4.69) is 20.6 Å². The van der Waals surface area contributed by atoms with Gasteiger partial charge < -0.3 is 16.4 Å². The molecule has 0 unspecified atom stereocenters. The Labute approximate surface area is 144 Å². The lowest BCUT2D eigenvalue weighted by Crippen LogP contribution is -2.30. The molecule has 0 saturated heterocycles. The van der Waals surface area contributed by atoms with Gasteiger partial charge in [0, 0.05) is 31.5 Å². The van der Waals surface area contributed by atoms with Gasteiger partial charge >= 0.3 is 6.18 Å².